The van der Waals surface area contributed by atoms with Crippen molar-refractivity contribution >= 4 is 17.5 Å². The second-order valence-corrected chi connectivity index (χ2v) is 5.58. The summed E-state index contributed by atoms with van der Waals surface area (Å²) >= 11 is 1.46. The molecule has 0 amide bonds. The highest BCUT2D eigenvalue weighted by Gasteiger charge is 2.30. The minimum Gasteiger partial charge on any atom is -0.299 e. The molecule has 0 bridgehead atoms. The van der Waals surface area contributed by atoms with E-state index in [-0.39, 0.29) is 5.78 Å². The average Bonchev–Trinajstić information content (AvgIpc) is 3.17. The zero-order valence-corrected chi connectivity index (χ0v) is 11.4. The van der Waals surface area contributed by atoms with E-state index in [4.69, 9.17) is 0 Å². The molecule has 0 spiro atoms. The third-order valence-electron chi connectivity index (χ3n) is 2.92. The lowest BCUT2D eigenvalue weighted by Crippen LogP contribution is -2.02. The van der Waals surface area contributed by atoms with Crippen molar-refractivity contribution in [2.75, 3.05) is 5.75 Å². The number of carbonyl (C=O) groups excluding carboxylic acids is 1. The zero-order chi connectivity index (χ0) is 13.2. The highest BCUT2D eigenvalue weighted by atomic mass is 32.2. The Hall–Kier alpha value is -1.69. The maximum Gasteiger partial charge on any atom is 0.192 e. The molecule has 0 unspecified atom stereocenters. The van der Waals surface area contributed by atoms with Gasteiger partial charge in [0, 0.05) is 24.0 Å². The second-order valence-electron chi connectivity index (χ2n) is 4.63. The third-order valence-corrected chi connectivity index (χ3v) is 4.01. The number of rotatable bonds is 5. The number of carbonyl (C=O) groups is 1. The number of hydrogen-bond donors (Lipinski definition) is 0. The third kappa shape index (κ3) is 2.68. The lowest BCUT2D eigenvalue weighted by molar-refractivity contribution is -0.114. The molecular formula is C13H14N4OS. The molecule has 5 nitrogen and oxygen atoms in total. The Balaban J connectivity index is 1.94. The first-order valence-electron chi connectivity index (χ1n) is 6.23. The molecule has 6 heteroatoms. The molecule has 0 N–H and O–H groups in total. The largest absolute Gasteiger partial charge is 0.299 e. The van der Waals surface area contributed by atoms with Gasteiger partial charge in [0.15, 0.2) is 11.0 Å². The summed E-state index contributed by atoms with van der Waals surface area (Å²) in [5, 5.41) is 9.35. The van der Waals surface area contributed by atoms with Crippen LogP contribution in [0, 0.1) is 0 Å². The predicted molar refractivity (Wildman–Crippen MR) is 72.9 cm³/mol. The van der Waals surface area contributed by atoms with Crippen LogP contribution in [0.4, 0.5) is 0 Å². The van der Waals surface area contributed by atoms with E-state index in [1.165, 1.54) is 11.8 Å². The standard InChI is InChI=1S/C13H14N4OS/c1-9(18)8-19-13-16-15-12(17(13)11-2-3-11)10-4-6-14-7-5-10/h4-7,11H,2-3,8H2,1H3. The SMILES string of the molecule is CC(=O)CSc1nnc(-c2ccncc2)n1C1CC1. The Labute approximate surface area is 115 Å². The number of thioether (sulfide) groups is 1. The van der Waals surface area contributed by atoms with Crippen molar-refractivity contribution in [2.24, 2.45) is 0 Å². The number of nitrogens with zero attached hydrogens (tertiary/aromatic N) is 4. The molecule has 0 aliphatic heterocycles. The molecule has 1 aliphatic carbocycles. The van der Waals surface area contributed by atoms with Gasteiger partial charge in [0.1, 0.15) is 5.78 Å². The van der Waals surface area contributed by atoms with Crippen molar-refractivity contribution in [3.05, 3.63) is 24.5 Å². The molecular weight excluding hydrogens is 260 g/mol. The number of hydrogen-bond acceptors (Lipinski definition) is 5. The smallest absolute Gasteiger partial charge is 0.192 e. The van der Waals surface area contributed by atoms with Gasteiger partial charge in [-0.15, -0.1) is 10.2 Å². The van der Waals surface area contributed by atoms with Gasteiger partial charge < -0.3 is 0 Å². The Bertz CT molecular complexity index is 592. The molecule has 98 valence electrons. The Morgan fingerprint density at radius 2 is 2.11 bits per heavy atom. The Morgan fingerprint density at radius 3 is 2.74 bits per heavy atom. The molecule has 2 aromatic heterocycles. The van der Waals surface area contributed by atoms with Gasteiger partial charge in [0.2, 0.25) is 0 Å². The first-order valence-corrected chi connectivity index (χ1v) is 7.22. The summed E-state index contributed by atoms with van der Waals surface area (Å²) in [4.78, 5) is 15.1. The van der Waals surface area contributed by atoms with Crippen molar-refractivity contribution in [3.63, 3.8) is 0 Å². The van der Waals surface area contributed by atoms with Gasteiger partial charge in [-0.25, -0.2) is 0 Å². The number of Topliss-reactive ketones (excluding diaryl/α,β-unsaturated/α-hetero) is 1. The minimum absolute atomic E-state index is 0.154. The van der Waals surface area contributed by atoms with E-state index in [9.17, 15) is 4.79 Å². The number of aromatic nitrogens is 4. The van der Waals surface area contributed by atoms with E-state index in [0.29, 0.717) is 11.8 Å². The molecule has 3 rings (SSSR count). The number of ketones is 1. The molecule has 2 aromatic rings. The number of pyridine rings is 1. The van der Waals surface area contributed by atoms with E-state index in [0.717, 1.165) is 29.4 Å². The fourth-order valence-corrected chi connectivity index (χ4v) is 2.71. The van der Waals surface area contributed by atoms with Crippen LogP contribution in [-0.2, 0) is 4.79 Å². The molecule has 1 fully saturated rings. The Kier molecular flexibility index (Phi) is 3.33. The molecule has 0 aromatic carbocycles. The van der Waals surface area contributed by atoms with E-state index in [2.05, 4.69) is 19.7 Å². The highest BCUT2D eigenvalue weighted by molar-refractivity contribution is 7.99. The fourth-order valence-electron chi connectivity index (χ4n) is 1.90. The van der Waals surface area contributed by atoms with Gasteiger partial charge >= 0.3 is 0 Å². The van der Waals surface area contributed by atoms with Gasteiger partial charge in [0.25, 0.3) is 0 Å². The molecule has 2 heterocycles. The van der Waals surface area contributed by atoms with Gasteiger partial charge in [-0.1, -0.05) is 11.8 Å². The Morgan fingerprint density at radius 1 is 1.37 bits per heavy atom. The summed E-state index contributed by atoms with van der Waals surface area (Å²) < 4.78 is 2.16. The summed E-state index contributed by atoms with van der Waals surface area (Å²) in [6, 6.07) is 4.34. The second kappa shape index (κ2) is 5.13. The fraction of sp³-hybridized carbons (Fsp3) is 0.385. The van der Waals surface area contributed by atoms with Crippen LogP contribution in [0.3, 0.4) is 0 Å². The lowest BCUT2D eigenvalue weighted by Gasteiger charge is -2.07. The van der Waals surface area contributed by atoms with Crippen LogP contribution >= 0.6 is 11.8 Å². The van der Waals surface area contributed by atoms with E-state index in [1.54, 1.807) is 19.3 Å². The maximum atomic E-state index is 11.1. The topological polar surface area (TPSA) is 60.7 Å². The average molecular weight is 274 g/mol. The van der Waals surface area contributed by atoms with Crippen LogP contribution in [0.5, 0.6) is 0 Å². The van der Waals surface area contributed by atoms with Crippen LogP contribution in [0.1, 0.15) is 25.8 Å². The van der Waals surface area contributed by atoms with Gasteiger partial charge in [-0.2, -0.15) is 0 Å². The molecule has 1 aliphatic rings. The van der Waals surface area contributed by atoms with Crippen molar-refractivity contribution < 1.29 is 4.79 Å². The van der Waals surface area contributed by atoms with Gasteiger partial charge in [0.05, 0.1) is 5.75 Å². The highest BCUT2D eigenvalue weighted by Crippen LogP contribution is 2.40. The quantitative estimate of drug-likeness (QED) is 0.783. The van der Waals surface area contributed by atoms with Crippen molar-refractivity contribution in [1.29, 1.82) is 0 Å². The maximum absolute atomic E-state index is 11.1. The monoisotopic (exact) mass is 274 g/mol. The lowest BCUT2D eigenvalue weighted by atomic mass is 10.2. The van der Waals surface area contributed by atoms with Gasteiger partial charge in [-0.3, -0.25) is 14.3 Å². The zero-order valence-electron chi connectivity index (χ0n) is 10.6. The summed E-state index contributed by atoms with van der Waals surface area (Å²) in [5.74, 6) is 1.47. The molecule has 19 heavy (non-hydrogen) atoms. The molecule has 0 saturated heterocycles. The summed E-state index contributed by atoms with van der Waals surface area (Å²) in [5.41, 5.74) is 1.02. The van der Waals surface area contributed by atoms with Crippen LogP contribution in [0.15, 0.2) is 29.7 Å². The van der Waals surface area contributed by atoms with Crippen LogP contribution in [-0.4, -0.2) is 31.3 Å². The molecule has 0 atom stereocenters. The van der Waals surface area contributed by atoms with Crippen LogP contribution < -0.4 is 0 Å². The predicted octanol–water partition coefficient (Wildman–Crippen LogP) is 2.36. The molecule has 0 radical (unpaired) electrons. The first-order chi connectivity index (χ1) is 9.25. The van der Waals surface area contributed by atoms with Crippen LogP contribution in [0.25, 0.3) is 11.4 Å². The summed E-state index contributed by atoms with van der Waals surface area (Å²) in [7, 11) is 0. The normalized spacial score (nSPS) is 14.6. The van der Waals surface area contributed by atoms with E-state index in [1.807, 2.05) is 12.1 Å². The minimum atomic E-state index is 0.154. The first kappa shape index (κ1) is 12.3. The van der Waals surface area contributed by atoms with E-state index >= 15 is 0 Å². The van der Waals surface area contributed by atoms with Gasteiger partial charge in [-0.05, 0) is 31.9 Å². The van der Waals surface area contributed by atoms with E-state index < -0.39 is 0 Å². The van der Waals surface area contributed by atoms with Crippen molar-refractivity contribution in [1.82, 2.24) is 19.7 Å². The van der Waals surface area contributed by atoms with Crippen LogP contribution in [0.2, 0.25) is 0 Å². The summed E-state index contributed by atoms with van der Waals surface area (Å²) in [6.45, 7) is 1.59. The van der Waals surface area contributed by atoms with Crippen molar-refractivity contribution in [3.8, 4) is 11.4 Å². The summed E-state index contributed by atoms with van der Waals surface area (Å²) in [6.07, 6.45) is 5.82. The molecule has 1 saturated carbocycles. The van der Waals surface area contributed by atoms with Crippen molar-refractivity contribution in [2.45, 2.75) is 31.0 Å².